The molecule has 9 heteroatoms. The first kappa shape index (κ1) is 14.0. The highest BCUT2D eigenvalue weighted by Gasteiger charge is 2.17. The Kier molecular flexibility index (Phi) is 5.71. The van der Waals surface area contributed by atoms with E-state index >= 15 is 0 Å². The monoisotopic (exact) mass is 257 g/mol. The van der Waals surface area contributed by atoms with Crippen LogP contribution in [0.5, 0.6) is 0 Å². The van der Waals surface area contributed by atoms with Crippen LogP contribution in [-0.2, 0) is 25.6 Å². The van der Waals surface area contributed by atoms with Crippen LogP contribution < -0.4 is 5.32 Å². The van der Waals surface area contributed by atoms with E-state index in [1.165, 1.54) is 25.0 Å². The molecule has 1 rings (SSSR count). The van der Waals surface area contributed by atoms with Crippen LogP contribution in [0.2, 0.25) is 0 Å². The predicted molar refractivity (Wildman–Crippen MR) is 58.3 cm³/mol. The van der Waals surface area contributed by atoms with E-state index in [4.69, 9.17) is 9.47 Å². The van der Waals surface area contributed by atoms with Gasteiger partial charge in [0.15, 0.2) is 6.10 Å². The second kappa shape index (κ2) is 7.33. The van der Waals surface area contributed by atoms with Crippen molar-refractivity contribution in [2.75, 3.05) is 20.3 Å². The van der Waals surface area contributed by atoms with E-state index in [-0.39, 0.29) is 12.5 Å². The van der Waals surface area contributed by atoms with Gasteiger partial charge in [-0.3, -0.25) is 9.59 Å². The normalized spacial score (nSPS) is 11.9. The van der Waals surface area contributed by atoms with Crippen LogP contribution in [-0.4, -0.2) is 58.4 Å². The van der Waals surface area contributed by atoms with Gasteiger partial charge in [-0.1, -0.05) is 0 Å². The number of hydrogen-bond acceptors (Lipinski definition) is 7. The third kappa shape index (κ3) is 4.87. The molecule has 0 aliphatic heterocycles. The lowest BCUT2D eigenvalue weighted by Crippen LogP contribution is -2.38. The molecule has 0 spiro atoms. The zero-order valence-corrected chi connectivity index (χ0v) is 10.2. The van der Waals surface area contributed by atoms with Crippen molar-refractivity contribution < 1.29 is 19.1 Å². The highest BCUT2D eigenvalue weighted by atomic mass is 16.5. The van der Waals surface area contributed by atoms with Gasteiger partial charge in [-0.15, -0.1) is 5.10 Å². The summed E-state index contributed by atoms with van der Waals surface area (Å²) < 4.78 is 10.9. The fourth-order valence-corrected chi connectivity index (χ4v) is 1.09. The van der Waals surface area contributed by atoms with Gasteiger partial charge in [0.25, 0.3) is 5.91 Å². The first-order valence-electron chi connectivity index (χ1n) is 5.30. The molecule has 100 valence electrons. The lowest BCUT2D eigenvalue weighted by atomic mass is 10.3. The summed E-state index contributed by atoms with van der Waals surface area (Å²) in [5, 5.41) is 12.8. The largest absolute Gasteiger partial charge is 0.451 e. The minimum absolute atomic E-state index is 0.136. The summed E-state index contributed by atoms with van der Waals surface area (Å²) in [6, 6.07) is 0. The average molecular weight is 257 g/mol. The fourth-order valence-electron chi connectivity index (χ4n) is 1.09. The van der Waals surface area contributed by atoms with Crippen molar-refractivity contribution in [2.24, 2.45) is 0 Å². The Morgan fingerprint density at radius 1 is 1.50 bits per heavy atom. The molecule has 18 heavy (non-hydrogen) atoms. The molecular formula is C9H15N5O4. The van der Waals surface area contributed by atoms with Gasteiger partial charge < -0.3 is 14.8 Å². The van der Waals surface area contributed by atoms with Crippen molar-refractivity contribution in [2.45, 2.75) is 19.6 Å². The topological polar surface area (TPSA) is 108 Å². The quantitative estimate of drug-likeness (QED) is 0.461. The number of methoxy groups -OCH3 is 1. The molecular weight excluding hydrogens is 242 g/mol. The molecule has 0 unspecified atom stereocenters. The van der Waals surface area contributed by atoms with Crippen LogP contribution in [0.1, 0.15) is 6.92 Å². The van der Waals surface area contributed by atoms with Crippen LogP contribution >= 0.6 is 0 Å². The number of esters is 1. The zero-order chi connectivity index (χ0) is 13.4. The van der Waals surface area contributed by atoms with Crippen molar-refractivity contribution in [3.63, 3.8) is 0 Å². The third-order valence-electron chi connectivity index (χ3n) is 1.97. The van der Waals surface area contributed by atoms with Gasteiger partial charge in [0.1, 0.15) is 12.9 Å². The van der Waals surface area contributed by atoms with Gasteiger partial charge >= 0.3 is 5.97 Å². The van der Waals surface area contributed by atoms with Crippen molar-refractivity contribution in [3.05, 3.63) is 6.33 Å². The molecule has 0 aliphatic carbocycles. The first-order valence-corrected chi connectivity index (χ1v) is 5.30. The smallest absolute Gasteiger partial charge is 0.328 e. The number of tetrazole rings is 1. The Hall–Kier alpha value is -2.03. The van der Waals surface area contributed by atoms with E-state index in [1.807, 2.05) is 0 Å². The van der Waals surface area contributed by atoms with Gasteiger partial charge in [-0.05, 0) is 17.4 Å². The molecule has 1 atom stereocenters. The molecule has 0 fully saturated rings. The van der Waals surface area contributed by atoms with E-state index in [0.717, 1.165) is 0 Å². The number of ether oxygens (including phenoxy) is 2. The Morgan fingerprint density at radius 2 is 2.28 bits per heavy atom. The van der Waals surface area contributed by atoms with Crippen LogP contribution in [0.25, 0.3) is 0 Å². The molecule has 0 saturated carbocycles. The number of nitrogens with zero attached hydrogens (tertiary/aromatic N) is 4. The van der Waals surface area contributed by atoms with E-state index < -0.39 is 12.1 Å². The number of carbonyl (C=O) groups is 2. The Morgan fingerprint density at radius 3 is 2.89 bits per heavy atom. The highest BCUT2D eigenvalue weighted by molar-refractivity contribution is 5.83. The molecule has 1 heterocycles. The van der Waals surface area contributed by atoms with E-state index in [9.17, 15) is 9.59 Å². The summed E-state index contributed by atoms with van der Waals surface area (Å²) in [6.07, 6.45) is 0.413. The lowest BCUT2D eigenvalue weighted by molar-refractivity contribution is -0.155. The van der Waals surface area contributed by atoms with Crippen LogP contribution in [0.15, 0.2) is 6.33 Å². The van der Waals surface area contributed by atoms with Gasteiger partial charge in [0, 0.05) is 13.7 Å². The summed E-state index contributed by atoms with van der Waals surface area (Å²) in [4.78, 5) is 22.9. The van der Waals surface area contributed by atoms with Crippen molar-refractivity contribution >= 4 is 11.9 Å². The molecule has 1 aromatic heterocycles. The summed E-state index contributed by atoms with van der Waals surface area (Å²) in [6.45, 7) is 2.11. The van der Waals surface area contributed by atoms with Gasteiger partial charge in [0.05, 0.1) is 6.61 Å². The molecule has 0 aliphatic rings. The zero-order valence-electron chi connectivity index (χ0n) is 10.2. The van der Waals surface area contributed by atoms with E-state index in [2.05, 4.69) is 20.8 Å². The third-order valence-corrected chi connectivity index (χ3v) is 1.97. The number of amides is 1. The summed E-state index contributed by atoms with van der Waals surface area (Å²) in [5.41, 5.74) is 0. The SMILES string of the molecule is COCCNC(=O)[C@@H](C)OC(=O)Cn1cnnn1. The number of aromatic nitrogens is 4. The molecule has 9 nitrogen and oxygen atoms in total. The maximum Gasteiger partial charge on any atom is 0.328 e. The van der Waals surface area contributed by atoms with Crippen LogP contribution in [0.3, 0.4) is 0 Å². The van der Waals surface area contributed by atoms with Gasteiger partial charge in [-0.2, -0.15) is 0 Å². The fraction of sp³-hybridized carbons (Fsp3) is 0.667. The number of nitrogens with one attached hydrogen (secondary N) is 1. The van der Waals surface area contributed by atoms with Gasteiger partial charge in [-0.25, -0.2) is 4.68 Å². The molecule has 1 N–H and O–H groups in total. The van der Waals surface area contributed by atoms with Crippen molar-refractivity contribution in [1.82, 2.24) is 25.5 Å². The number of carbonyl (C=O) groups excluding carboxylic acids is 2. The van der Waals surface area contributed by atoms with Gasteiger partial charge in [0.2, 0.25) is 0 Å². The standard InChI is InChI=1S/C9H15N5O4/c1-7(9(16)10-3-4-17-2)18-8(15)5-14-6-11-12-13-14/h6-7H,3-5H2,1-2H3,(H,10,16)/t7-/m1/s1. The molecule has 0 aromatic carbocycles. The predicted octanol–water partition coefficient (Wildman–Crippen LogP) is -1.63. The van der Waals surface area contributed by atoms with Crippen LogP contribution in [0, 0.1) is 0 Å². The van der Waals surface area contributed by atoms with E-state index in [1.54, 1.807) is 0 Å². The summed E-state index contributed by atoms with van der Waals surface area (Å²) >= 11 is 0. The second-order valence-corrected chi connectivity index (χ2v) is 3.42. The minimum Gasteiger partial charge on any atom is -0.451 e. The molecule has 0 radical (unpaired) electrons. The molecule has 1 aromatic rings. The maximum absolute atomic E-state index is 11.5. The van der Waals surface area contributed by atoms with Crippen molar-refractivity contribution in [3.8, 4) is 0 Å². The Bertz CT molecular complexity index is 380. The van der Waals surface area contributed by atoms with E-state index in [0.29, 0.717) is 13.2 Å². The average Bonchev–Trinajstić information content (AvgIpc) is 2.81. The summed E-state index contributed by atoms with van der Waals surface area (Å²) in [7, 11) is 1.53. The van der Waals surface area contributed by atoms with Crippen molar-refractivity contribution in [1.29, 1.82) is 0 Å². The molecule has 1 amide bonds. The van der Waals surface area contributed by atoms with Crippen LogP contribution in [0.4, 0.5) is 0 Å². The molecule has 0 saturated heterocycles. The summed E-state index contributed by atoms with van der Waals surface area (Å²) in [5.74, 6) is -0.964. The highest BCUT2D eigenvalue weighted by Crippen LogP contribution is 1.94. The number of hydrogen-bond donors (Lipinski definition) is 1. The Balaban J connectivity index is 2.28. The first-order chi connectivity index (χ1) is 8.63. The lowest BCUT2D eigenvalue weighted by Gasteiger charge is -2.12. The molecule has 0 bridgehead atoms. The maximum atomic E-state index is 11.5. The minimum atomic E-state index is -0.870. The number of rotatable bonds is 7. The second-order valence-electron chi connectivity index (χ2n) is 3.42. The Labute approximate surface area is 103 Å².